The van der Waals surface area contributed by atoms with Gasteiger partial charge in [-0.05, 0) is 42.0 Å². The highest BCUT2D eigenvalue weighted by Gasteiger charge is 1.93. The van der Waals surface area contributed by atoms with E-state index in [-0.39, 0.29) is 0 Å². The fourth-order valence-corrected chi connectivity index (χ4v) is 2.09. The summed E-state index contributed by atoms with van der Waals surface area (Å²) in [6, 6.07) is 28.9. The van der Waals surface area contributed by atoms with Crippen molar-refractivity contribution in [2.24, 2.45) is 0 Å². The molecule has 0 nitrogen and oxygen atoms in total. The Hall–Kier alpha value is -2.60. The van der Waals surface area contributed by atoms with Crippen molar-refractivity contribution in [3.05, 3.63) is 114 Å². The Labute approximate surface area is 153 Å². The molecule has 0 heterocycles. The van der Waals surface area contributed by atoms with Crippen molar-refractivity contribution in [3.8, 4) is 0 Å². The molecule has 0 saturated heterocycles. The Morgan fingerprint density at radius 1 is 0.640 bits per heavy atom. The summed E-state index contributed by atoms with van der Waals surface area (Å²) in [4.78, 5) is 0. The van der Waals surface area contributed by atoms with Crippen LogP contribution in [0.2, 0.25) is 0 Å². The lowest BCUT2D eigenvalue weighted by atomic mass is 10.0. The van der Waals surface area contributed by atoms with E-state index in [9.17, 15) is 0 Å². The normalized spacial score (nSPS) is 9.32. The van der Waals surface area contributed by atoms with Crippen molar-refractivity contribution in [1.29, 1.82) is 0 Å². The lowest BCUT2D eigenvalue weighted by Crippen LogP contribution is -1.83. The van der Waals surface area contributed by atoms with Crippen LogP contribution in [0.3, 0.4) is 0 Å². The Bertz CT molecular complexity index is 688. The third kappa shape index (κ3) is 8.72. The van der Waals surface area contributed by atoms with Crippen LogP contribution in [-0.2, 0) is 0 Å². The molecule has 0 spiro atoms. The van der Waals surface area contributed by atoms with E-state index in [1.54, 1.807) is 0 Å². The maximum Gasteiger partial charge on any atom is -0.0219 e. The van der Waals surface area contributed by atoms with E-state index in [4.69, 9.17) is 0 Å². The molecule has 0 aliphatic carbocycles. The lowest BCUT2D eigenvalue weighted by molar-refractivity contribution is 0.867. The second-order valence-electron chi connectivity index (χ2n) is 6.26. The van der Waals surface area contributed by atoms with Crippen LogP contribution in [0.4, 0.5) is 0 Å². The third-order valence-corrected chi connectivity index (χ3v) is 3.93. The van der Waals surface area contributed by atoms with Gasteiger partial charge in [0.2, 0.25) is 0 Å². The summed E-state index contributed by atoms with van der Waals surface area (Å²) in [6.07, 6.45) is 1.83. The van der Waals surface area contributed by atoms with Gasteiger partial charge >= 0.3 is 0 Å². The number of benzene rings is 3. The van der Waals surface area contributed by atoms with Crippen molar-refractivity contribution >= 4 is 6.08 Å². The molecule has 0 heteroatoms. The van der Waals surface area contributed by atoms with Crippen molar-refractivity contribution < 1.29 is 0 Å². The first-order valence-corrected chi connectivity index (χ1v) is 8.79. The van der Waals surface area contributed by atoms with Crippen molar-refractivity contribution in [3.63, 3.8) is 0 Å². The molecule has 0 fully saturated rings. The summed E-state index contributed by atoms with van der Waals surface area (Å²) in [5.41, 5.74) is 5.32. The molecule has 3 aromatic carbocycles. The van der Waals surface area contributed by atoms with Crippen molar-refractivity contribution in [1.82, 2.24) is 0 Å². The van der Waals surface area contributed by atoms with Crippen LogP contribution in [-0.4, -0.2) is 0 Å². The summed E-state index contributed by atoms with van der Waals surface area (Å²) >= 11 is 0. The Balaban J connectivity index is 0.000000188. The molecule has 0 unspecified atom stereocenters. The molecular formula is C25H30. The second-order valence-corrected chi connectivity index (χ2v) is 6.26. The van der Waals surface area contributed by atoms with Gasteiger partial charge in [0.15, 0.2) is 0 Å². The highest BCUT2D eigenvalue weighted by atomic mass is 14.0. The van der Waals surface area contributed by atoms with Gasteiger partial charge in [-0.3, -0.25) is 0 Å². The van der Waals surface area contributed by atoms with E-state index < -0.39 is 0 Å². The standard InChI is InChI=1S/C9H12.C8H10.C8H8/c1-8(2)9-6-4-3-5-7-9;1-7-5-3-4-6-8(7)2;1-2-8-6-4-3-5-7-8/h3-8H,1-2H3;3-6H,1-2H3;2-7H,1H2. The minimum absolute atomic E-state index is 0.659. The summed E-state index contributed by atoms with van der Waals surface area (Å²) in [5.74, 6) is 0.659. The van der Waals surface area contributed by atoms with Crippen LogP contribution in [0.5, 0.6) is 0 Å². The van der Waals surface area contributed by atoms with Gasteiger partial charge in [-0.2, -0.15) is 0 Å². The molecule has 0 amide bonds. The molecule has 0 atom stereocenters. The first-order valence-electron chi connectivity index (χ1n) is 8.79. The van der Waals surface area contributed by atoms with E-state index in [1.165, 1.54) is 22.3 Å². The minimum Gasteiger partial charge on any atom is -0.0985 e. The first kappa shape index (κ1) is 20.4. The van der Waals surface area contributed by atoms with Crippen LogP contribution in [0.15, 0.2) is 91.5 Å². The predicted molar refractivity (Wildman–Crippen MR) is 113 cm³/mol. The topological polar surface area (TPSA) is 0 Å². The number of hydrogen-bond acceptors (Lipinski definition) is 0. The first-order chi connectivity index (χ1) is 12.0. The molecule has 0 aliphatic rings. The molecule has 0 saturated carbocycles. The van der Waals surface area contributed by atoms with Crippen molar-refractivity contribution in [2.75, 3.05) is 0 Å². The quantitative estimate of drug-likeness (QED) is 0.458. The van der Waals surface area contributed by atoms with Crippen LogP contribution >= 0.6 is 0 Å². The van der Waals surface area contributed by atoms with Crippen LogP contribution in [0.1, 0.15) is 42.0 Å². The molecule has 25 heavy (non-hydrogen) atoms. The smallest absolute Gasteiger partial charge is 0.0219 e. The average Bonchev–Trinajstić information content (AvgIpc) is 2.66. The largest absolute Gasteiger partial charge is 0.0985 e. The lowest BCUT2D eigenvalue weighted by Gasteiger charge is -2.01. The van der Waals surface area contributed by atoms with Crippen LogP contribution < -0.4 is 0 Å². The second kappa shape index (κ2) is 11.9. The SMILES string of the molecule is C=Cc1ccccc1.CC(C)c1ccccc1.Cc1ccccc1C. The zero-order chi connectivity index (χ0) is 18.5. The monoisotopic (exact) mass is 330 g/mol. The van der Waals surface area contributed by atoms with Gasteiger partial charge in [0.25, 0.3) is 0 Å². The van der Waals surface area contributed by atoms with Crippen molar-refractivity contribution in [2.45, 2.75) is 33.6 Å². The van der Waals surface area contributed by atoms with Crippen LogP contribution in [0, 0.1) is 13.8 Å². The zero-order valence-electron chi connectivity index (χ0n) is 15.9. The third-order valence-electron chi connectivity index (χ3n) is 3.93. The van der Waals surface area contributed by atoms with E-state index in [0.717, 1.165) is 0 Å². The minimum atomic E-state index is 0.659. The Morgan fingerprint density at radius 2 is 1.04 bits per heavy atom. The highest BCUT2D eigenvalue weighted by molar-refractivity contribution is 5.45. The Kier molecular flexibility index (Phi) is 9.70. The molecular weight excluding hydrogens is 300 g/mol. The maximum atomic E-state index is 3.63. The summed E-state index contributed by atoms with van der Waals surface area (Å²) in [7, 11) is 0. The fraction of sp³-hybridized carbons (Fsp3) is 0.200. The highest BCUT2D eigenvalue weighted by Crippen LogP contribution is 2.11. The van der Waals surface area contributed by atoms with Gasteiger partial charge in [-0.25, -0.2) is 0 Å². The number of hydrogen-bond donors (Lipinski definition) is 0. The zero-order valence-corrected chi connectivity index (χ0v) is 15.9. The molecule has 0 N–H and O–H groups in total. The Morgan fingerprint density at radius 3 is 1.32 bits per heavy atom. The van der Waals surface area contributed by atoms with Crippen LogP contribution in [0.25, 0.3) is 6.08 Å². The summed E-state index contributed by atoms with van der Waals surface area (Å²) < 4.78 is 0. The van der Waals surface area contributed by atoms with Gasteiger partial charge in [-0.1, -0.05) is 111 Å². The number of rotatable bonds is 2. The summed E-state index contributed by atoms with van der Waals surface area (Å²) in [6.45, 7) is 12.3. The molecule has 0 aromatic heterocycles. The number of aryl methyl sites for hydroxylation is 2. The van der Waals surface area contributed by atoms with Gasteiger partial charge in [0.05, 0.1) is 0 Å². The van der Waals surface area contributed by atoms with E-state index >= 15 is 0 Å². The maximum absolute atomic E-state index is 3.63. The van der Waals surface area contributed by atoms with E-state index in [2.05, 4.69) is 82.8 Å². The fourth-order valence-electron chi connectivity index (χ4n) is 2.09. The van der Waals surface area contributed by atoms with Gasteiger partial charge < -0.3 is 0 Å². The molecule has 0 radical (unpaired) electrons. The van der Waals surface area contributed by atoms with E-state index in [1.807, 2.05) is 42.5 Å². The predicted octanol–water partition coefficient (Wildman–Crippen LogP) is 7.44. The molecule has 0 aliphatic heterocycles. The average molecular weight is 331 g/mol. The van der Waals surface area contributed by atoms with Gasteiger partial charge in [0, 0.05) is 0 Å². The summed E-state index contributed by atoms with van der Waals surface area (Å²) in [5, 5.41) is 0. The van der Waals surface area contributed by atoms with Gasteiger partial charge in [0.1, 0.15) is 0 Å². The van der Waals surface area contributed by atoms with Gasteiger partial charge in [-0.15, -0.1) is 0 Å². The van der Waals surface area contributed by atoms with E-state index in [0.29, 0.717) is 5.92 Å². The molecule has 3 rings (SSSR count). The molecule has 130 valence electrons. The molecule has 0 bridgehead atoms. The molecule has 3 aromatic rings.